The summed E-state index contributed by atoms with van der Waals surface area (Å²) < 4.78 is 1.97. The fourth-order valence-corrected chi connectivity index (χ4v) is 3.91. The maximum atomic E-state index is 11.0. The molecule has 98 valence electrons. The Hall–Kier alpha value is -1.55. The fourth-order valence-electron chi connectivity index (χ4n) is 2.61. The highest BCUT2D eigenvalue weighted by Gasteiger charge is 2.23. The van der Waals surface area contributed by atoms with Crippen molar-refractivity contribution in [2.24, 2.45) is 0 Å². The molecule has 1 atom stereocenters. The first-order valence-corrected chi connectivity index (χ1v) is 7.30. The average Bonchev–Trinajstić information content (AvgIpc) is 2.91. The van der Waals surface area contributed by atoms with E-state index in [0.717, 1.165) is 36.2 Å². The van der Waals surface area contributed by atoms with E-state index >= 15 is 0 Å². The Bertz CT molecular complexity index is 608. The SMILES string of the molecule is Cc1nn(CC2Cc3ccccc3S2)c(C)c1C=O. The third-order valence-electron chi connectivity index (χ3n) is 3.65. The smallest absolute Gasteiger partial charge is 0.153 e. The van der Waals surface area contributed by atoms with Crippen molar-refractivity contribution in [3.05, 3.63) is 46.8 Å². The Labute approximate surface area is 117 Å². The monoisotopic (exact) mass is 272 g/mol. The number of aldehydes is 1. The summed E-state index contributed by atoms with van der Waals surface area (Å²) in [5.74, 6) is 0. The minimum absolute atomic E-state index is 0.509. The third-order valence-corrected chi connectivity index (χ3v) is 4.95. The molecule has 1 aromatic carbocycles. The number of benzene rings is 1. The molecule has 0 saturated heterocycles. The Kier molecular flexibility index (Phi) is 3.19. The molecule has 0 saturated carbocycles. The molecule has 0 radical (unpaired) electrons. The van der Waals surface area contributed by atoms with E-state index in [2.05, 4.69) is 29.4 Å². The molecule has 1 aliphatic heterocycles. The molecule has 0 aliphatic carbocycles. The van der Waals surface area contributed by atoms with Crippen LogP contribution < -0.4 is 0 Å². The highest BCUT2D eigenvalue weighted by molar-refractivity contribution is 8.00. The van der Waals surface area contributed by atoms with E-state index in [1.807, 2.05) is 30.3 Å². The summed E-state index contributed by atoms with van der Waals surface area (Å²) in [7, 11) is 0. The summed E-state index contributed by atoms with van der Waals surface area (Å²) >= 11 is 1.91. The van der Waals surface area contributed by atoms with Crippen LogP contribution in [0.5, 0.6) is 0 Å². The number of hydrogen-bond donors (Lipinski definition) is 0. The number of aromatic nitrogens is 2. The molecule has 0 fully saturated rings. The van der Waals surface area contributed by atoms with Crippen molar-refractivity contribution in [3.8, 4) is 0 Å². The predicted octanol–water partition coefficient (Wildman–Crippen LogP) is 3.03. The van der Waals surface area contributed by atoms with E-state index in [0.29, 0.717) is 5.25 Å². The van der Waals surface area contributed by atoms with Crippen LogP contribution in [0, 0.1) is 13.8 Å². The van der Waals surface area contributed by atoms with Crippen LogP contribution in [0.15, 0.2) is 29.2 Å². The van der Waals surface area contributed by atoms with Crippen LogP contribution >= 0.6 is 11.8 Å². The van der Waals surface area contributed by atoms with Crippen LogP contribution in [0.2, 0.25) is 0 Å². The number of hydrogen-bond acceptors (Lipinski definition) is 3. The van der Waals surface area contributed by atoms with Crippen molar-refractivity contribution >= 4 is 18.0 Å². The molecule has 19 heavy (non-hydrogen) atoms. The van der Waals surface area contributed by atoms with Gasteiger partial charge in [-0.25, -0.2) is 0 Å². The summed E-state index contributed by atoms with van der Waals surface area (Å²) in [5, 5.41) is 4.99. The molecule has 2 aromatic rings. The van der Waals surface area contributed by atoms with Crippen LogP contribution in [0.25, 0.3) is 0 Å². The zero-order chi connectivity index (χ0) is 13.4. The summed E-state index contributed by atoms with van der Waals surface area (Å²) in [6.45, 7) is 4.72. The van der Waals surface area contributed by atoms with E-state index in [-0.39, 0.29) is 0 Å². The van der Waals surface area contributed by atoms with Crippen LogP contribution in [0.3, 0.4) is 0 Å². The molecule has 2 heterocycles. The standard InChI is InChI=1S/C15H16N2OS/c1-10-14(9-18)11(2)17(16-10)8-13-7-12-5-3-4-6-15(12)19-13/h3-6,9,13H,7-8H2,1-2H3. The molecule has 0 N–H and O–H groups in total. The van der Waals surface area contributed by atoms with E-state index in [9.17, 15) is 4.79 Å². The summed E-state index contributed by atoms with van der Waals surface area (Å²) in [6, 6.07) is 8.55. The lowest BCUT2D eigenvalue weighted by molar-refractivity contribution is 0.112. The van der Waals surface area contributed by atoms with Gasteiger partial charge in [0.15, 0.2) is 6.29 Å². The Balaban J connectivity index is 1.80. The number of nitrogens with zero attached hydrogens (tertiary/aromatic N) is 2. The van der Waals surface area contributed by atoms with Gasteiger partial charge in [-0.2, -0.15) is 5.10 Å². The Morgan fingerprint density at radius 3 is 2.89 bits per heavy atom. The first kappa shape index (κ1) is 12.5. The number of aryl methyl sites for hydroxylation is 1. The van der Waals surface area contributed by atoms with Crippen molar-refractivity contribution < 1.29 is 4.79 Å². The molecular formula is C15H16N2OS. The first-order valence-electron chi connectivity index (χ1n) is 6.43. The van der Waals surface area contributed by atoms with E-state index in [1.54, 1.807) is 0 Å². The van der Waals surface area contributed by atoms with Crippen LogP contribution in [0.1, 0.15) is 27.3 Å². The number of carbonyl (C=O) groups excluding carboxylic acids is 1. The zero-order valence-electron chi connectivity index (χ0n) is 11.1. The molecule has 1 unspecified atom stereocenters. The van der Waals surface area contributed by atoms with Crippen LogP contribution in [0.4, 0.5) is 0 Å². The lowest BCUT2D eigenvalue weighted by atomic mass is 10.1. The molecule has 1 aromatic heterocycles. The average molecular weight is 272 g/mol. The van der Waals surface area contributed by atoms with Gasteiger partial charge in [-0.1, -0.05) is 18.2 Å². The number of fused-ring (bicyclic) bond motifs is 1. The number of rotatable bonds is 3. The Morgan fingerprint density at radius 1 is 1.42 bits per heavy atom. The van der Waals surface area contributed by atoms with Crippen molar-refractivity contribution in [1.82, 2.24) is 9.78 Å². The van der Waals surface area contributed by atoms with Gasteiger partial charge < -0.3 is 0 Å². The molecule has 1 aliphatic rings. The summed E-state index contributed by atoms with van der Waals surface area (Å²) in [6.07, 6.45) is 1.99. The topological polar surface area (TPSA) is 34.9 Å². The van der Waals surface area contributed by atoms with Crippen molar-refractivity contribution in [1.29, 1.82) is 0 Å². The maximum absolute atomic E-state index is 11.0. The normalized spacial score (nSPS) is 17.5. The quantitative estimate of drug-likeness (QED) is 0.806. The first-order chi connectivity index (χ1) is 9.19. The van der Waals surface area contributed by atoms with E-state index in [1.165, 1.54) is 10.5 Å². The van der Waals surface area contributed by atoms with Gasteiger partial charge in [0.1, 0.15) is 0 Å². The summed E-state index contributed by atoms with van der Waals surface area (Å²) in [5.41, 5.74) is 3.97. The zero-order valence-corrected chi connectivity index (χ0v) is 11.9. The number of carbonyl (C=O) groups is 1. The van der Waals surface area contributed by atoms with Crippen molar-refractivity contribution in [3.63, 3.8) is 0 Å². The van der Waals surface area contributed by atoms with Crippen LogP contribution in [-0.4, -0.2) is 21.3 Å². The second kappa shape index (κ2) is 4.85. The molecule has 3 rings (SSSR count). The predicted molar refractivity (Wildman–Crippen MR) is 76.9 cm³/mol. The minimum Gasteiger partial charge on any atom is -0.298 e. The Morgan fingerprint density at radius 2 is 2.21 bits per heavy atom. The van der Waals surface area contributed by atoms with Gasteiger partial charge in [-0.15, -0.1) is 11.8 Å². The van der Waals surface area contributed by atoms with Gasteiger partial charge in [0, 0.05) is 15.8 Å². The highest BCUT2D eigenvalue weighted by Crippen LogP contribution is 2.37. The van der Waals surface area contributed by atoms with Crippen LogP contribution in [-0.2, 0) is 13.0 Å². The largest absolute Gasteiger partial charge is 0.298 e. The number of thioether (sulfide) groups is 1. The van der Waals surface area contributed by atoms with Gasteiger partial charge in [-0.05, 0) is 31.9 Å². The lowest BCUT2D eigenvalue weighted by Crippen LogP contribution is -2.14. The van der Waals surface area contributed by atoms with E-state index < -0.39 is 0 Å². The maximum Gasteiger partial charge on any atom is 0.153 e. The van der Waals surface area contributed by atoms with Crippen molar-refractivity contribution in [2.45, 2.75) is 37.0 Å². The van der Waals surface area contributed by atoms with Gasteiger partial charge in [0.05, 0.1) is 17.8 Å². The minimum atomic E-state index is 0.509. The molecule has 0 amide bonds. The molecule has 3 nitrogen and oxygen atoms in total. The van der Waals surface area contributed by atoms with Gasteiger partial charge in [0.25, 0.3) is 0 Å². The molecule has 0 spiro atoms. The second-order valence-electron chi connectivity index (χ2n) is 4.94. The summed E-state index contributed by atoms with van der Waals surface area (Å²) in [4.78, 5) is 12.4. The lowest BCUT2D eigenvalue weighted by Gasteiger charge is -2.10. The van der Waals surface area contributed by atoms with Crippen molar-refractivity contribution in [2.75, 3.05) is 0 Å². The molecule has 0 bridgehead atoms. The highest BCUT2D eigenvalue weighted by atomic mass is 32.2. The van der Waals surface area contributed by atoms with E-state index in [4.69, 9.17) is 0 Å². The third kappa shape index (κ3) is 2.21. The van der Waals surface area contributed by atoms with Gasteiger partial charge in [0.2, 0.25) is 0 Å². The second-order valence-corrected chi connectivity index (χ2v) is 6.28. The molecular weight excluding hydrogens is 256 g/mol. The fraction of sp³-hybridized carbons (Fsp3) is 0.333. The van der Waals surface area contributed by atoms with Gasteiger partial charge in [-0.3, -0.25) is 9.48 Å². The van der Waals surface area contributed by atoms with Gasteiger partial charge >= 0.3 is 0 Å². The molecule has 4 heteroatoms.